The van der Waals surface area contributed by atoms with Gasteiger partial charge in [-0.15, -0.1) is 0 Å². The van der Waals surface area contributed by atoms with Crippen LogP contribution < -0.4 is 5.32 Å². The average Bonchev–Trinajstić information content (AvgIpc) is 2.45. The number of hydrogen-bond acceptors (Lipinski definition) is 3. The minimum absolute atomic E-state index is 0. The maximum Gasteiger partial charge on any atom is 0.265 e. The van der Waals surface area contributed by atoms with Gasteiger partial charge >= 0.3 is 0 Å². The Morgan fingerprint density at radius 1 is 0.696 bits per heavy atom. The number of hydrogen-bond donors (Lipinski definition) is 2. The van der Waals surface area contributed by atoms with E-state index in [0.717, 1.165) is 13.1 Å². The maximum absolute atomic E-state index is 10.5. The summed E-state index contributed by atoms with van der Waals surface area (Å²) >= 11 is 0. The lowest BCUT2D eigenvalue weighted by Gasteiger charge is -2.03. The van der Waals surface area contributed by atoms with Crippen molar-refractivity contribution < 1.29 is 23.8 Å². The average molecular weight is 354 g/mol. The van der Waals surface area contributed by atoms with Crippen LogP contribution >= 0.6 is 0 Å². The van der Waals surface area contributed by atoms with E-state index in [-0.39, 0.29) is 11.2 Å². The molecule has 0 fully saturated rings. The Hall–Kier alpha value is -0.170. The van der Waals surface area contributed by atoms with Crippen molar-refractivity contribution in [3.05, 3.63) is 0 Å². The van der Waals surface area contributed by atoms with E-state index < -0.39 is 10.1 Å². The molecule has 0 aromatic carbocycles. The number of quaternary nitrogens is 1. The molecule has 0 saturated heterocycles. The standard InChI is InChI=1S/C17H37NO3S.H2O/c1-2-3-4-5-6-7-8-9-10-11-12-13-15-18-16-14-17-22(19,20)21;/h18H,2-17H2,1H3,(H,19,20,21);1H2. The summed E-state index contributed by atoms with van der Waals surface area (Å²) < 4.78 is 29.6. The predicted octanol–water partition coefficient (Wildman–Crippen LogP) is 3.35. The molecule has 0 aliphatic rings. The lowest BCUT2D eigenvalue weighted by molar-refractivity contribution is -0.654. The van der Waals surface area contributed by atoms with Crippen LogP contribution in [0.3, 0.4) is 0 Å². The van der Waals surface area contributed by atoms with Crippen LogP contribution in [-0.2, 0) is 10.1 Å². The smallest absolute Gasteiger partial charge is 0.265 e. The zero-order valence-electron chi connectivity index (χ0n) is 15.0. The molecule has 0 bridgehead atoms. The number of unbranched alkanes of at least 4 members (excludes halogenated alkanes) is 11. The van der Waals surface area contributed by atoms with Crippen LogP contribution in [0.25, 0.3) is 0 Å². The van der Waals surface area contributed by atoms with E-state index in [1.54, 1.807) is 0 Å². The minimum atomic E-state index is -3.76. The van der Waals surface area contributed by atoms with Gasteiger partial charge in [0, 0.05) is 6.42 Å². The molecule has 0 unspecified atom stereocenters. The van der Waals surface area contributed by atoms with Gasteiger partial charge in [-0.25, -0.2) is 0 Å². The summed E-state index contributed by atoms with van der Waals surface area (Å²) in [6.45, 7) is 4.12. The number of nitrogens with two attached hydrogens (primary N) is 1. The quantitative estimate of drug-likeness (QED) is 0.309. The van der Waals surface area contributed by atoms with Gasteiger partial charge in [-0.1, -0.05) is 71.1 Å². The zero-order chi connectivity index (χ0) is 16.5. The van der Waals surface area contributed by atoms with Gasteiger partial charge in [-0.2, -0.15) is 8.42 Å². The Balaban J connectivity index is 0. The fourth-order valence-corrected chi connectivity index (χ4v) is 3.22. The van der Waals surface area contributed by atoms with Crippen LogP contribution in [0.15, 0.2) is 0 Å². The lowest BCUT2D eigenvalue weighted by atomic mass is 10.1. The second-order valence-electron chi connectivity index (χ2n) is 6.39. The third-order valence-electron chi connectivity index (χ3n) is 4.07. The minimum Gasteiger partial charge on any atom is -0.870 e. The summed E-state index contributed by atoms with van der Waals surface area (Å²) in [4.78, 5) is 0. The van der Waals surface area contributed by atoms with Gasteiger partial charge in [0.15, 0.2) is 0 Å². The molecule has 0 spiro atoms. The molecule has 5 nitrogen and oxygen atoms in total. The Bertz CT molecular complexity index is 321. The van der Waals surface area contributed by atoms with Gasteiger partial charge in [0.1, 0.15) is 0 Å². The molecule has 0 aliphatic heterocycles. The number of rotatable bonds is 17. The lowest BCUT2D eigenvalue weighted by Crippen LogP contribution is -2.84. The zero-order valence-corrected chi connectivity index (χ0v) is 15.8. The molecule has 0 aromatic heterocycles. The van der Waals surface area contributed by atoms with Crippen molar-refractivity contribution in [3.63, 3.8) is 0 Å². The van der Waals surface area contributed by atoms with E-state index in [2.05, 4.69) is 12.2 Å². The Morgan fingerprint density at radius 3 is 1.52 bits per heavy atom. The van der Waals surface area contributed by atoms with Crippen LogP contribution in [-0.4, -0.2) is 37.3 Å². The molecule has 0 saturated carbocycles. The highest BCUT2D eigenvalue weighted by atomic mass is 32.2. The molecule has 0 heterocycles. The normalized spacial score (nSPS) is 11.4. The summed E-state index contributed by atoms with van der Waals surface area (Å²) in [6.07, 6.45) is 16.9. The molecule has 6 heteroatoms. The third-order valence-corrected chi connectivity index (χ3v) is 4.88. The second kappa shape index (κ2) is 18.2. The highest BCUT2D eigenvalue weighted by Gasteiger charge is 2.03. The van der Waals surface area contributed by atoms with E-state index >= 15 is 0 Å². The van der Waals surface area contributed by atoms with E-state index in [0.29, 0.717) is 6.42 Å². The first kappa shape index (κ1) is 25.1. The van der Waals surface area contributed by atoms with Gasteiger partial charge < -0.3 is 10.8 Å². The Morgan fingerprint density at radius 2 is 1.09 bits per heavy atom. The summed E-state index contributed by atoms with van der Waals surface area (Å²) in [5.74, 6) is -0.109. The molecule has 0 aliphatic carbocycles. The summed E-state index contributed by atoms with van der Waals surface area (Å²) in [6, 6.07) is 0. The molecule has 142 valence electrons. The van der Waals surface area contributed by atoms with Crippen LogP contribution in [0.2, 0.25) is 0 Å². The van der Waals surface area contributed by atoms with Gasteiger partial charge in [-0.05, 0) is 12.8 Å². The van der Waals surface area contributed by atoms with Crippen LogP contribution in [0.4, 0.5) is 0 Å². The van der Waals surface area contributed by atoms with Crippen molar-refractivity contribution in [3.8, 4) is 0 Å². The second-order valence-corrected chi connectivity index (χ2v) is 7.97. The van der Waals surface area contributed by atoms with Crippen molar-refractivity contribution in [1.29, 1.82) is 0 Å². The van der Waals surface area contributed by atoms with Gasteiger partial charge in [0.2, 0.25) is 0 Å². The molecule has 0 amide bonds. The van der Waals surface area contributed by atoms with Crippen LogP contribution in [0.1, 0.15) is 90.4 Å². The van der Waals surface area contributed by atoms with Crippen LogP contribution in [0.5, 0.6) is 0 Å². The van der Waals surface area contributed by atoms with E-state index in [1.807, 2.05) is 0 Å². The highest BCUT2D eigenvalue weighted by Crippen LogP contribution is 2.11. The molecular weight excluding hydrogens is 314 g/mol. The first-order valence-electron chi connectivity index (χ1n) is 9.33. The van der Waals surface area contributed by atoms with Crippen molar-refractivity contribution >= 4 is 10.1 Å². The first-order valence-corrected chi connectivity index (χ1v) is 10.9. The SMILES string of the molecule is CCCCCCCCCCCCCC[NH2+]CCCS(=O)(=O)O.[OH-]. The largest absolute Gasteiger partial charge is 0.870 e. The van der Waals surface area contributed by atoms with E-state index in [9.17, 15) is 8.42 Å². The fourth-order valence-electron chi connectivity index (χ4n) is 2.68. The Kier molecular flexibility index (Phi) is 19.8. The molecular formula is C17H39NO4S. The molecule has 23 heavy (non-hydrogen) atoms. The summed E-state index contributed by atoms with van der Waals surface area (Å²) in [7, 11) is -3.76. The van der Waals surface area contributed by atoms with Crippen LogP contribution in [0, 0.1) is 0 Å². The van der Waals surface area contributed by atoms with E-state index in [1.165, 1.54) is 77.0 Å². The van der Waals surface area contributed by atoms with Crippen molar-refractivity contribution in [2.24, 2.45) is 0 Å². The summed E-state index contributed by atoms with van der Waals surface area (Å²) in [5.41, 5.74) is 0. The predicted molar refractivity (Wildman–Crippen MR) is 95.7 cm³/mol. The highest BCUT2D eigenvalue weighted by molar-refractivity contribution is 7.85. The molecule has 0 radical (unpaired) electrons. The topological polar surface area (TPSA) is 101 Å². The molecule has 4 N–H and O–H groups in total. The molecule has 0 aromatic rings. The monoisotopic (exact) mass is 353 g/mol. The van der Waals surface area contributed by atoms with E-state index in [4.69, 9.17) is 4.55 Å². The third kappa shape index (κ3) is 24.2. The van der Waals surface area contributed by atoms with Crippen molar-refractivity contribution in [2.75, 3.05) is 18.8 Å². The van der Waals surface area contributed by atoms with Gasteiger partial charge in [0.25, 0.3) is 10.1 Å². The van der Waals surface area contributed by atoms with Gasteiger partial charge in [-0.3, -0.25) is 4.55 Å². The summed E-state index contributed by atoms with van der Waals surface area (Å²) in [5, 5.41) is 2.15. The Labute approximate surface area is 143 Å². The van der Waals surface area contributed by atoms with Gasteiger partial charge in [0.05, 0.1) is 18.8 Å². The fraction of sp³-hybridized carbons (Fsp3) is 1.00. The maximum atomic E-state index is 10.5. The molecule has 0 atom stereocenters. The van der Waals surface area contributed by atoms with Crippen molar-refractivity contribution in [2.45, 2.75) is 90.4 Å². The molecule has 0 rings (SSSR count). The first-order chi connectivity index (χ1) is 10.6. The van der Waals surface area contributed by atoms with Crippen molar-refractivity contribution in [1.82, 2.24) is 0 Å².